The molecule has 2 amide bonds. The SMILES string of the molecule is NC(=O)Cn1cc(C=NNC(=O)c2cccc3ccccc23)c2ccccc21. The van der Waals surface area contributed by atoms with Gasteiger partial charge in [-0.25, -0.2) is 5.43 Å². The Morgan fingerprint density at radius 1 is 0.964 bits per heavy atom. The number of hydrazone groups is 1. The summed E-state index contributed by atoms with van der Waals surface area (Å²) in [6, 6.07) is 20.9. The number of rotatable bonds is 5. The molecule has 1 aromatic heterocycles. The largest absolute Gasteiger partial charge is 0.368 e. The third-order valence-electron chi connectivity index (χ3n) is 4.55. The molecule has 0 fully saturated rings. The number of benzene rings is 3. The highest BCUT2D eigenvalue weighted by atomic mass is 16.2. The number of hydrogen-bond donors (Lipinski definition) is 2. The van der Waals surface area contributed by atoms with Crippen molar-refractivity contribution < 1.29 is 9.59 Å². The monoisotopic (exact) mass is 370 g/mol. The van der Waals surface area contributed by atoms with Gasteiger partial charge in [0, 0.05) is 28.2 Å². The molecule has 0 spiro atoms. The number of aromatic nitrogens is 1. The number of amides is 2. The highest BCUT2D eigenvalue weighted by Crippen LogP contribution is 2.20. The summed E-state index contributed by atoms with van der Waals surface area (Å²) in [6.07, 6.45) is 3.37. The molecule has 28 heavy (non-hydrogen) atoms. The van der Waals surface area contributed by atoms with E-state index >= 15 is 0 Å². The molecule has 6 heteroatoms. The molecule has 3 aromatic carbocycles. The fourth-order valence-corrected chi connectivity index (χ4v) is 3.32. The van der Waals surface area contributed by atoms with Crippen molar-refractivity contribution in [1.82, 2.24) is 9.99 Å². The second kappa shape index (κ2) is 7.36. The van der Waals surface area contributed by atoms with Crippen LogP contribution in [0.15, 0.2) is 78.0 Å². The Labute approximate surface area is 161 Å². The number of primary amides is 1. The lowest BCUT2D eigenvalue weighted by Crippen LogP contribution is -2.18. The van der Waals surface area contributed by atoms with Crippen LogP contribution < -0.4 is 11.2 Å². The molecule has 0 aliphatic carbocycles. The summed E-state index contributed by atoms with van der Waals surface area (Å²) in [4.78, 5) is 23.9. The minimum Gasteiger partial charge on any atom is -0.368 e. The van der Waals surface area contributed by atoms with Crippen molar-refractivity contribution in [1.29, 1.82) is 0 Å². The van der Waals surface area contributed by atoms with E-state index in [1.165, 1.54) is 0 Å². The molecule has 0 aliphatic heterocycles. The average molecular weight is 370 g/mol. The summed E-state index contributed by atoms with van der Waals surface area (Å²) in [5.41, 5.74) is 10.1. The molecule has 3 N–H and O–H groups in total. The summed E-state index contributed by atoms with van der Waals surface area (Å²) in [5.74, 6) is -0.706. The molecule has 0 radical (unpaired) electrons. The number of hydrogen-bond acceptors (Lipinski definition) is 3. The van der Waals surface area contributed by atoms with Crippen molar-refractivity contribution >= 4 is 39.7 Å². The smallest absolute Gasteiger partial charge is 0.271 e. The number of fused-ring (bicyclic) bond motifs is 2. The first kappa shape index (κ1) is 17.5. The molecule has 0 saturated carbocycles. The van der Waals surface area contributed by atoms with Gasteiger partial charge in [0.2, 0.25) is 5.91 Å². The first-order valence-corrected chi connectivity index (χ1v) is 8.81. The molecule has 0 atom stereocenters. The van der Waals surface area contributed by atoms with Crippen LogP contribution in [0.25, 0.3) is 21.7 Å². The minimum absolute atomic E-state index is 0.0801. The van der Waals surface area contributed by atoms with E-state index in [2.05, 4.69) is 10.5 Å². The number of nitrogens with two attached hydrogens (primary N) is 1. The Bertz CT molecular complexity index is 1220. The third-order valence-corrected chi connectivity index (χ3v) is 4.55. The van der Waals surface area contributed by atoms with Crippen LogP contribution in [0.2, 0.25) is 0 Å². The van der Waals surface area contributed by atoms with Crippen LogP contribution >= 0.6 is 0 Å². The van der Waals surface area contributed by atoms with Gasteiger partial charge >= 0.3 is 0 Å². The Morgan fingerprint density at radius 2 is 1.68 bits per heavy atom. The predicted octanol–water partition coefficient (Wildman–Crippen LogP) is 3.04. The van der Waals surface area contributed by atoms with Gasteiger partial charge in [0.05, 0.1) is 6.21 Å². The van der Waals surface area contributed by atoms with Gasteiger partial charge in [-0.1, -0.05) is 54.6 Å². The third kappa shape index (κ3) is 3.35. The van der Waals surface area contributed by atoms with Crippen molar-refractivity contribution in [2.75, 3.05) is 0 Å². The van der Waals surface area contributed by atoms with Crippen molar-refractivity contribution in [3.63, 3.8) is 0 Å². The summed E-state index contributed by atoms with van der Waals surface area (Å²) in [5, 5.41) is 6.90. The molecule has 4 aromatic rings. The van der Waals surface area contributed by atoms with Gasteiger partial charge in [-0.05, 0) is 22.9 Å². The fraction of sp³-hybridized carbons (Fsp3) is 0.0455. The van der Waals surface area contributed by atoms with Gasteiger partial charge in [0.25, 0.3) is 5.91 Å². The molecule has 6 nitrogen and oxygen atoms in total. The van der Waals surface area contributed by atoms with E-state index in [9.17, 15) is 9.59 Å². The normalized spacial score (nSPS) is 11.3. The molecule has 138 valence electrons. The lowest BCUT2D eigenvalue weighted by molar-refractivity contribution is -0.118. The highest BCUT2D eigenvalue weighted by Gasteiger charge is 2.10. The van der Waals surface area contributed by atoms with Gasteiger partial charge in [-0.15, -0.1) is 0 Å². The minimum atomic E-state index is -0.423. The maximum absolute atomic E-state index is 12.6. The van der Waals surface area contributed by atoms with Crippen molar-refractivity contribution in [3.05, 3.63) is 84.1 Å². The molecule has 0 saturated heterocycles. The number of nitrogens with zero attached hydrogens (tertiary/aromatic N) is 2. The maximum Gasteiger partial charge on any atom is 0.271 e. The second-order valence-corrected chi connectivity index (χ2v) is 6.42. The second-order valence-electron chi connectivity index (χ2n) is 6.42. The van der Waals surface area contributed by atoms with Gasteiger partial charge in [0.15, 0.2) is 0 Å². The summed E-state index contributed by atoms with van der Waals surface area (Å²) in [7, 11) is 0. The Hall–Kier alpha value is -3.93. The van der Waals surface area contributed by atoms with Crippen LogP contribution in [0.4, 0.5) is 0 Å². The first-order chi connectivity index (χ1) is 13.6. The van der Waals surface area contributed by atoms with E-state index in [1.807, 2.05) is 60.7 Å². The maximum atomic E-state index is 12.6. The van der Waals surface area contributed by atoms with Gasteiger partial charge in [0.1, 0.15) is 6.54 Å². The van der Waals surface area contributed by atoms with Crippen LogP contribution in [-0.4, -0.2) is 22.6 Å². The predicted molar refractivity (Wildman–Crippen MR) is 110 cm³/mol. The lowest BCUT2D eigenvalue weighted by Gasteiger charge is -2.04. The number of carbonyl (C=O) groups excluding carboxylic acids is 2. The molecule has 4 rings (SSSR count). The quantitative estimate of drug-likeness (QED) is 0.418. The van der Waals surface area contributed by atoms with Gasteiger partial charge < -0.3 is 10.3 Å². The fourth-order valence-electron chi connectivity index (χ4n) is 3.32. The van der Waals surface area contributed by atoms with E-state index in [-0.39, 0.29) is 12.5 Å². The van der Waals surface area contributed by atoms with Gasteiger partial charge in [-0.3, -0.25) is 9.59 Å². The van der Waals surface area contributed by atoms with Crippen LogP contribution in [0.3, 0.4) is 0 Å². The molecule has 0 unspecified atom stereocenters. The van der Waals surface area contributed by atoms with Crippen molar-refractivity contribution in [2.24, 2.45) is 10.8 Å². The number of para-hydroxylation sites is 1. The van der Waals surface area contributed by atoms with E-state index in [4.69, 9.17) is 5.73 Å². The van der Waals surface area contributed by atoms with Crippen molar-refractivity contribution in [3.8, 4) is 0 Å². The highest BCUT2D eigenvalue weighted by molar-refractivity contribution is 6.07. The van der Waals surface area contributed by atoms with E-state index in [0.29, 0.717) is 5.56 Å². The van der Waals surface area contributed by atoms with Crippen LogP contribution in [0.1, 0.15) is 15.9 Å². The van der Waals surface area contributed by atoms with Crippen molar-refractivity contribution in [2.45, 2.75) is 6.54 Å². The first-order valence-electron chi connectivity index (χ1n) is 8.81. The lowest BCUT2D eigenvalue weighted by atomic mass is 10.0. The van der Waals surface area contributed by atoms with Crippen LogP contribution in [0.5, 0.6) is 0 Å². The molecule has 1 heterocycles. The van der Waals surface area contributed by atoms with E-state index in [1.54, 1.807) is 23.0 Å². The standard InChI is InChI=1S/C22H18N4O2/c23-21(27)14-26-13-16(18-9-3-4-11-20(18)26)12-24-25-22(28)19-10-5-7-15-6-1-2-8-17(15)19/h1-13H,14H2,(H2,23,27)(H,25,28). The van der Waals surface area contributed by atoms with Crippen LogP contribution in [-0.2, 0) is 11.3 Å². The summed E-state index contributed by atoms with van der Waals surface area (Å²) in [6.45, 7) is 0.0801. The Kier molecular flexibility index (Phi) is 4.60. The molecule has 0 bridgehead atoms. The Morgan fingerprint density at radius 3 is 2.50 bits per heavy atom. The van der Waals surface area contributed by atoms with Crippen LogP contribution in [0, 0.1) is 0 Å². The van der Waals surface area contributed by atoms with E-state index < -0.39 is 5.91 Å². The summed E-state index contributed by atoms with van der Waals surface area (Å²) >= 11 is 0. The Balaban J connectivity index is 1.60. The summed E-state index contributed by atoms with van der Waals surface area (Å²) < 4.78 is 1.77. The zero-order chi connectivity index (χ0) is 19.5. The zero-order valence-corrected chi connectivity index (χ0v) is 15.0. The number of nitrogens with one attached hydrogen (secondary N) is 1. The molecular weight excluding hydrogens is 352 g/mol. The topological polar surface area (TPSA) is 89.5 Å². The molecular formula is C22H18N4O2. The van der Waals surface area contributed by atoms with Gasteiger partial charge in [-0.2, -0.15) is 5.10 Å². The average Bonchev–Trinajstić information content (AvgIpc) is 3.04. The van der Waals surface area contributed by atoms with E-state index in [0.717, 1.165) is 27.2 Å². The molecule has 0 aliphatic rings. The zero-order valence-electron chi connectivity index (χ0n) is 15.0. The number of carbonyl (C=O) groups is 2.